The lowest BCUT2D eigenvalue weighted by molar-refractivity contribution is -0.146. The molecule has 0 aromatic heterocycles. The van der Waals surface area contributed by atoms with Gasteiger partial charge < -0.3 is 9.64 Å². The summed E-state index contributed by atoms with van der Waals surface area (Å²) in [6.07, 6.45) is 1.81. The molecule has 2 heterocycles. The number of rotatable bonds is 6. The van der Waals surface area contributed by atoms with Gasteiger partial charge in [-0.15, -0.1) is 0 Å². The first kappa shape index (κ1) is 29.1. The molecule has 0 radical (unpaired) electrons. The summed E-state index contributed by atoms with van der Waals surface area (Å²) in [5.74, 6) is -0.740. The first-order chi connectivity index (χ1) is 19.5. The molecule has 0 spiro atoms. The minimum absolute atomic E-state index is 0.178. The molecule has 0 aliphatic carbocycles. The lowest BCUT2D eigenvalue weighted by Crippen LogP contribution is -2.62. The number of esters is 1. The number of anilines is 2. The van der Waals surface area contributed by atoms with Gasteiger partial charge in [-0.05, 0) is 73.9 Å². The van der Waals surface area contributed by atoms with Gasteiger partial charge in [0.2, 0.25) is 0 Å². The van der Waals surface area contributed by atoms with Gasteiger partial charge in [-0.3, -0.25) is 14.0 Å². The van der Waals surface area contributed by atoms with E-state index in [9.17, 15) is 17.6 Å². The highest BCUT2D eigenvalue weighted by molar-refractivity contribution is 7.92. The minimum Gasteiger partial charge on any atom is -0.468 e. The van der Waals surface area contributed by atoms with E-state index in [2.05, 4.69) is 4.90 Å². The Bertz CT molecular complexity index is 1610. The predicted octanol–water partition coefficient (Wildman–Crippen LogP) is 5.61. The lowest BCUT2D eigenvalue weighted by atomic mass is 10.0. The Morgan fingerprint density at radius 3 is 2.54 bits per heavy atom. The van der Waals surface area contributed by atoms with Crippen LogP contribution in [0.15, 0.2) is 65.6 Å². The molecule has 3 aromatic rings. The highest BCUT2D eigenvalue weighted by atomic mass is 35.5. The molecule has 1 fully saturated rings. The highest BCUT2D eigenvalue weighted by Gasteiger charge is 2.41. The number of hydrogen-bond acceptors (Lipinski definition) is 6. The Hall–Kier alpha value is -3.40. The summed E-state index contributed by atoms with van der Waals surface area (Å²) in [4.78, 5) is 16.7. The molecule has 3 aromatic carbocycles. The fraction of sp³-hybridized carbons (Fsp3) is 0.323. The molecule has 1 saturated heterocycles. The molecule has 2 aliphatic rings. The van der Waals surface area contributed by atoms with E-state index in [1.54, 1.807) is 37.3 Å². The Labute approximate surface area is 245 Å². The van der Waals surface area contributed by atoms with Crippen LogP contribution in [0.25, 0.3) is 11.6 Å². The third-order valence-corrected chi connectivity index (χ3v) is 9.97. The topological polar surface area (TPSA) is 70.2 Å². The van der Waals surface area contributed by atoms with Crippen LogP contribution in [0, 0.1) is 12.7 Å². The number of aryl methyl sites for hydroxylation is 1. The standard InChI is InChI=1S/C31H33ClFN3O4S/c1-20-7-5-8-25(15-20)41(38,39)36-19-24-18-34(22(3)31(37)40-4)13-14-35(24)28-12-11-23(17-29(28)36)16-21(2)30-26(32)9-6-10-27(30)33/h5-12,15-17,22,24H,13-14,18-19H2,1-4H3/b21-16+/t22-,24+/m1/s1. The van der Waals surface area contributed by atoms with Gasteiger partial charge in [0.1, 0.15) is 11.9 Å². The molecular formula is C31H33ClFN3O4S. The molecular weight excluding hydrogens is 565 g/mol. The second-order valence-electron chi connectivity index (χ2n) is 10.6. The average Bonchev–Trinajstić information content (AvgIpc) is 2.95. The van der Waals surface area contributed by atoms with Gasteiger partial charge in [-0.2, -0.15) is 0 Å². The number of piperazine rings is 1. The number of nitrogens with zero attached hydrogens (tertiary/aromatic N) is 3. The van der Waals surface area contributed by atoms with E-state index in [0.29, 0.717) is 41.5 Å². The molecule has 5 rings (SSSR count). The van der Waals surface area contributed by atoms with Gasteiger partial charge >= 0.3 is 5.97 Å². The zero-order valence-corrected chi connectivity index (χ0v) is 25.0. The van der Waals surface area contributed by atoms with E-state index < -0.39 is 21.9 Å². The van der Waals surface area contributed by atoms with Crippen LogP contribution in [0.3, 0.4) is 0 Å². The zero-order chi connectivity index (χ0) is 29.5. The molecule has 7 nitrogen and oxygen atoms in total. The number of sulfonamides is 1. The highest BCUT2D eigenvalue weighted by Crippen LogP contribution is 2.41. The number of ether oxygens (including phenoxy) is 1. The lowest BCUT2D eigenvalue weighted by Gasteiger charge is -2.49. The van der Waals surface area contributed by atoms with E-state index in [1.807, 2.05) is 49.1 Å². The first-order valence-corrected chi connectivity index (χ1v) is 15.3. The SMILES string of the molecule is COC(=O)[C@@H](C)N1CCN2c3ccc(/C=C(\C)c4c(F)cccc4Cl)cc3N(S(=O)(=O)c3cccc(C)c3)C[C@@H]2C1. The van der Waals surface area contributed by atoms with E-state index in [4.69, 9.17) is 16.3 Å². The Morgan fingerprint density at radius 2 is 1.83 bits per heavy atom. The number of carbonyl (C=O) groups is 1. The van der Waals surface area contributed by atoms with E-state index in [-0.39, 0.29) is 23.5 Å². The number of halogens is 2. The van der Waals surface area contributed by atoms with Crippen LogP contribution in [-0.4, -0.2) is 64.7 Å². The van der Waals surface area contributed by atoms with Crippen molar-refractivity contribution in [2.24, 2.45) is 0 Å². The fourth-order valence-corrected chi connectivity index (χ4v) is 7.64. The Balaban J connectivity index is 1.59. The van der Waals surface area contributed by atoms with E-state index >= 15 is 0 Å². The van der Waals surface area contributed by atoms with Crippen molar-refractivity contribution in [3.05, 3.63) is 88.2 Å². The average molecular weight is 598 g/mol. The largest absolute Gasteiger partial charge is 0.468 e. The Kier molecular flexibility index (Phi) is 8.14. The number of carbonyl (C=O) groups excluding carboxylic acids is 1. The molecule has 41 heavy (non-hydrogen) atoms. The van der Waals surface area contributed by atoms with Gasteiger partial charge in [-0.25, -0.2) is 12.8 Å². The summed E-state index contributed by atoms with van der Waals surface area (Å²) >= 11 is 6.30. The minimum atomic E-state index is -3.92. The van der Waals surface area contributed by atoms with Crippen molar-refractivity contribution < 1.29 is 22.3 Å². The van der Waals surface area contributed by atoms with E-state index in [0.717, 1.165) is 16.8 Å². The van der Waals surface area contributed by atoms with Crippen molar-refractivity contribution in [3.8, 4) is 0 Å². The normalized spacial score (nSPS) is 18.5. The van der Waals surface area contributed by atoms with Gasteiger partial charge in [-0.1, -0.05) is 41.9 Å². The summed E-state index contributed by atoms with van der Waals surface area (Å²) in [5, 5.41) is 0.308. The van der Waals surface area contributed by atoms with Crippen molar-refractivity contribution in [1.82, 2.24) is 4.90 Å². The molecule has 2 aliphatic heterocycles. The molecule has 0 N–H and O–H groups in total. The zero-order valence-electron chi connectivity index (χ0n) is 23.5. The van der Waals surface area contributed by atoms with Crippen LogP contribution in [0.1, 0.15) is 30.5 Å². The van der Waals surface area contributed by atoms with Crippen molar-refractivity contribution in [3.63, 3.8) is 0 Å². The quantitative estimate of drug-likeness (QED) is 0.272. The van der Waals surface area contributed by atoms with Crippen LogP contribution >= 0.6 is 11.6 Å². The molecule has 10 heteroatoms. The summed E-state index contributed by atoms with van der Waals surface area (Å²) in [5.41, 5.74) is 3.85. The maximum Gasteiger partial charge on any atom is 0.322 e. The number of methoxy groups -OCH3 is 1. The molecule has 0 amide bonds. The van der Waals surface area contributed by atoms with Gasteiger partial charge in [0.05, 0.1) is 41.0 Å². The van der Waals surface area contributed by atoms with Gasteiger partial charge in [0.25, 0.3) is 10.0 Å². The van der Waals surface area contributed by atoms with Crippen molar-refractivity contribution in [1.29, 1.82) is 0 Å². The number of allylic oxidation sites excluding steroid dienone is 1. The maximum absolute atomic E-state index is 14.6. The number of fused-ring (bicyclic) bond motifs is 3. The fourth-order valence-electron chi connectivity index (χ4n) is 5.71. The van der Waals surface area contributed by atoms with Crippen LogP contribution < -0.4 is 9.21 Å². The second kappa shape index (κ2) is 11.5. The smallest absolute Gasteiger partial charge is 0.322 e. The molecule has 2 atom stereocenters. The molecule has 0 unspecified atom stereocenters. The molecule has 216 valence electrons. The molecule has 0 bridgehead atoms. The predicted molar refractivity (Wildman–Crippen MR) is 161 cm³/mol. The van der Waals surface area contributed by atoms with Crippen molar-refractivity contribution in [2.75, 3.05) is 42.5 Å². The van der Waals surface area contributed by atoms with Crippen LogP contribution in [0.4, 0.5) is 15.8 Å². The van der Waals surface area contributed by atoms with E-state index in [1.165, 1.54) is 17.5 Å². The van der Waals surface area contributed by atoms with Gasteiger partial charge in [0.15, 0.2) is 0 Å². The first-order valence-electron chi connectivity index (χ1n) is 13.5. The summed E-state index contributed by atoms with van der Waals surface area (Å²) < 4.78 is 49.3. The monoisotopic (exact) mass is 597 g/mol. The van der Waals surface area contributed by atoms with Crippen LogP contribution in [0.2, 0.25) is 5.02 Å². The molecule has 0 saturated carbocycles. The van der Waals surface area contributed by atoms with Crippen LogP contribution in [-0.2, 0) is 19.6 Å². The third-order valence-electron chi connectivity index (χ3n) is 7.88. The summed E-state index contributed by atoms with van der Waals surface area (Å²) in [6.45, 7) is 7.41. The maximum atomic E-state index is 14.6. The third kappa shape index (κ3) is 5.58. The number of hydrogen-bond donors (Lipinski definition) is 0. The second-order valence-corrected chi connectivity index (χ2v) is 12.8. The Morgan fingerprint density at radius 1 is 1.07 bits per heavy atom. The van der Waals surface area contributed by atoms with Crippen molar-refractivity contribution >= 4 is 50.6 Å². The summed E-state index contributed by atoms with van der Waals surface area (Å²) in [6, 6.07) is 16.5. The number of benzene rings is 3. The van der Waals surface area contributed by atoms with Crippen molar-refractivity contribution in [2.45, 2.75) is 37.8 Å². The summed E-state index contributed by atoms with van der Waals surface area (Å²) in [7, 11) is -2.55. The van der Waals surface area contributed by atoms with Crippen LogP contribution in [0.5, 0.6) is 0 Å². The van der Waals surface area contributed by atoms with Gasteiger partial charge in [0, 0.05) is 25.2 Å².